The summed E-state index contributed by atoms with van der Waals surface area (Å²) < 4.78 is 11.8. The molecule has 4 aromatic carbocycles. The van der Waals surface area contributed by atoms with Crippen LogP contribution in [0, 0.1) is 25.2 Å². The molecule has 0 saturated carbocycles. The van der Waals surface area contributed by atoms with Gasteiger partial charge in [0.1, 0.15) is 36.4 Å². The summed E-state index contributed by atoms with van der Waals surface area (Å²) in [4.78, 5) is 12.8. The molecule has 4 aromatic rings. The van der Waals surface area contributed by atoms with Crippen molar-refractivity contribution in [2.75, 3.05) is 5.32 Å². The van der Waals surface area contributed by atoms with E-state index >= 15 is 0 Å². The van der Waals surface area contributed by atoms with E-state index in [9.17, 15) is 10.1 Å². The molecule has 0 aliphatic heterocycles. The lowest BCUT2D eigenvalue weighted by atomic mass is 10.1. The summed E-state index contributed by atoms with van der Waals surface area (Å²) in [5.74, 6) is 0.791. The van der Waals surface area contributed by atoms with E-state index < -0.39 is 5.91 Å². The fourth-order valence-electron chi connectivity index (χ4n) is 3.92. The third-order valence-electron chi connectivity index (χ3n) is 5.62. The highest BCUT2D eigenvalue weighted by Gasteiger charge is 2.12. The first-order valence-electron chi connectivity index (χ1n) is 12.0. The number of carbonyl (C=O) groups is 1. The zero-order chi connectivity index (χ0) is 26.0. The Morgan fingerprint density at radius 1 is 0.811 bits per heavy atom. The molecule has 0 spiro atoms. The molecule has 0 bridgehead atoms. The maximum Gasteiger partial charge on any atom is 0.266 e. The van der Waals surface area contributed by atoms with Crippen molar-refractivity contribution in [2.45, 2.75) is 27.1 Å². The fourth-order valence-corrected chi connectivity index (χ4v) is 3.92. The highest BCUT2D eigenvalue weighted by molar-refractivity contribution is 6.09. The number of nitrogens with zero attached hydrogens (tertiary/aromatic N) is 1. The lowest BCUT2D eigenvalue weighted by Gasteiger charge is -2.11. The third-order valence-corrected chi connectivity index (χ3v) is 5.62. The Labute approximate surface area is 217 Å². The number of hydrogen-bond donors (Lipinski definition) is 1. The average Bonchev–Trinajstić information content (AvgIpc) is 2.90. The van der Waals surface area contributed by atoms with Crippen LogP contribution in [0.4, 0.5) is 5.69 Å². The normalized spacial score (nSPS) is 10.9. The molecule has 0 fully saturated rings. The number of aryl methyl sites for hydroxylation is 2. The minimum Gasteiger partial charge on any atom is -0.489 e. The van der Waals surface area contributed by atoms with Gasteiger partial charge in [-0.1, -0.05) is 77.9 Å². The Balaban J connectivity index is 1.41. The SMILES string of the molecule is Cc1cc(C)cc(COc2ccccc2/C=C(\C#N)C(=O)Nc2ccc(OCc3ccccc3)cc2)c1. The summed E-state index contributed by atoms with van der Waals surface area (Å²) in [6.07, 6.45) is 1.55. The van der Waals surface area contributed by atoms with Crippen molar-refractivity contribution >= 4 is 17.7 Å². The number of anilines is 1. The van der Waals surface area contributed by atoms with Crippen molar-refractivity contribution in [1.29, 1.82) is 5.26 Å². The van der Waals surface area contributed by atoms with Crippen LogP contribution in [0.5, 0.6) is 11.5 Å². The van der Waals surface area contributed by atoms with Gasteiger partial charge in [-0.15, -0.1) is 0 Å². The molecule has 37 heavy (non-hydrogen) atoms. The Hall–Kier alpha value is -4.82. The minimum atomic E-state index is -0.496. The second kappa shape index (κ2) is 12.2. The van der Waals surface area contributed by atoms with Crippen molar-refractivity contribution in [3.05, 3.63) is 130 Å². The number of para-hydroxylation sites is 1. The maximum atomic E-state index is 12.8. The van der Waals surface area contributed by atoms with Crippen molar-refractivity contribution in [2.24, 2.45) is 0 Å². The molecule has 0 heterocycles. The third kappa shape index (κ3) is 7.33. The van der Waals surface area contributed by atoms with E-state index in [-0.39, 0.29) is 5.57 Å². The predicted octanol–water partition coefficient (Wildman–Crippen LogP) is 7.01. The van der Waals surface area contributed by atoms with E-state index in [0.29, 0.717) is 36.0 Å². The number of benzene rings is 4. The molecule has 1 amide bonds. The molecule has 0 saturated heterocycles. The van der Waals surface area contributed by atoms with Gasteiger partial charge in [0.2, 0.25) is 0 Å². The predicted molar refractivity (Wildman–Crippen MR) is 146 cm³/mol. The zero-order valence-electron chi connectivity index (χ0n) is 20.9. The van der Waals surface area contributed by atoms with Crippen LogP contribution < -0.4 is 14.8 Å². The molecule has 0 unspecified atom stereocenters. The van der Waals surface area contributed by atoms with Crippen LogP contribution in [-0.4, -0.2) is 5.91 Å². The summed E-state index contributed by atoms with van der Waals surface area (Å²) >= 11 is 0. The second-order valence-electron chi connectivity index (χ2n) is 8.75. The highest BCUT2D eigenvalue weighted by atomic mass is 16.5. The van der Waals surface area contributed by atoms with E-state index in [0.717, 1.165) is 11.1 Å². The number of rotatable bonds is 9. The standard InChI is InChI=1S/C32H28N2O3/c1-23-16-24(2)18-26(17-23)22-37-31-11-7-6-10-27(31)19-28(20-33)32(35)34-29-12-14-30(15-13-29)36-21-25-8-4-3-5-9-25/h3-19H,21-22H2,1-2H3,(H,34,35)/b28-19+. The molecule has 0 aliphatic carbocycles. The van der Waals surface area contributed by atoms with Gasteiger partial charge in [-0.2, -0.15) is 5.26 Å². The van der Waals surface area contributed by atoms with Crippen molar-refractivity contribution < 1.29 is 14.3 Å². The number of ether oxygens (including phenoxy) is 2. The summed E-state index contributed by atoms with van der Waals surface area (Å²) in [5.41, 5.74) is 5.68. The number of nitrogens with one attached hydrogen (secondary N) is 1. The Bertz CT molecular complexity index is 1420. The smallest absolute Gasteiger partial charge is 0.266 e. The van der Waals surface area contributed by atoms with E-state index in [1.165, 1.54) is 11.1 Å². The van der Waals surface area contributed by atoms with Gasteiger partial charge < -0.3 is 14.8 Å². The average molecular weight is 489 g/mol. The Morgan fingerprint density at radius 3 is 2.16 bits per heavy atom. The summed E-state index contributed by atoms with van der Waals surface area (Å²) in [5, 5.41) is 12.5. The van der Waals surface area contributed by atoms with Crippen LogP contribution in [0.25, 0.3) is 6.08 Å². The van der Waals surface area contributed by atoms with Gasteiger partial charge in [0, 0.05) is 11.3 Å². The zero-order valence-corrected chi connectivity index (χ0v) is 20.9. The fraction of sp³-hybridized carbons (Fsp3) is 0.125. The van der Waals surface area contributed by atoms with Gasteiger partial charge in [0.25, 0.3) is 5.91 Å². The maximum absolute atomic E-state index is 12.8. The Kier molecular flexibility index (Phi) is 8.36. The van der Waals surface area contributed by atoms with Crippen LogP contribution in [0.1, 0.15) is 27.8 Å². The van der Waals surface area contributed by atoms with E-state index in [1.807, 2.05) is 60.7 Å². The quantitative estimate of drug-likeness (QED) is 0.203. The summed E-state index contributed by atoms with van der Waals surface area (Å²) in [6, 6.07) is 32.6. The van der Waals surface area contributed by atoms with Crippen molar-refractivity contribution in [3.8, 4) is 17.6 Å². The first-order valence-corrected chi connectivity index (χ1v) is 12.0. The van der Waals surface area contributed by atoms with Crippen LogP contribution in [0.3, 0.4) is 0 Å². The largest absolute Gasteiger partial charge is 0.489 e. The van der Waals surface area contributed by atoms with Crippen LogP contribution in [-0.2, 0) is 18.0 Å². The lowest BCUT2D eigenvalue weighted by molar-refractivity contribution is -0.112. The molecule has 0 aliphatic rings. The van der Waals surface area contributed by atoms with E-state index in [2.05, 4.69) is 37.4 Å². The van der Waals surface area contributed by atoms with Gasteiger partial charge in [0.05, 0.1) is 0 Å². The van der Waals surface area contributed by atoms with Crippen molar-refractivity contribution in [1.82, 2.24) is 0 Å². The van der Waals surface area contributed by atoms with Crippen LogP contribution in [0.15, 0.2) is 103 Å². The minimum absolute atomic E-state index is 0.0214. The van der Waals surface area contributed by atoms with Crippen LogP contribution >= 0.6 is 0 Å². The first kappa shape index (κ1) is 25.3. The van der Waals surface area contributed by atoms with Gasteiger partial charge >= 0.3 is 0 Å². The molecule has 5 heteroatoms. The monoisotopic (exact) mass is 488 g/mol. The topological polar surface area (TPSA) is 71.3 Å². The van der Waals surface area contributed by atoms with Gasteiger partial charge in [-0.05, 0) is 61.4 Å². The molecule has 184 valence electrons. The number of nitriles is 1. The number of hydrogen-bond acceptors (Lipinski definition) is 4. The van der Waals surface area contributed by atoms with Gasteiger partial charge in [0.15, 0.2) is 0 Å². The molecule has 0 aromatic heterocycles. The molecular weight excluding hydrogens is 460 g/mol. The van der Waals surface area contributed by atoms with Crippen LogP contribution in [0.2, 0.25) is 0 Å². The first-order chi connectivity index (χ1) is 18.0. The summed E-state index contributed by atoms with van der Waals surface area (Å²) in [7, 11) is 0. The van der Waals surface area contributed by atoms with E-state index in [1.54, 1.807) is 30.3 Å². The molecule has 0 atom stereocenters. The molecular formula is C32H28N2O3. The van der Waals surface area contributed by atoms with Crippen molar-refractivity contribution in [3.63, 3.8) is 0 Å². The van der Waals surface area contributed by atoms with Gasteiger partial charge in [-0.3, -0.25) is 4.79 Å². The number of amides is 1. The Morgan fingerprint density at radius 2 is 1.46 bits per heavy atom. The lowest BCUT2D eigenvalue weighted by Crippen LogP contribution is -2.13. The van der Waals surface area contributed by atoms with E-state index in [4.69, 9.17) is 9.47 Å². The highest BCUT2D eigenvalue weighted by Crippen LogP contribution is 2.24. The molecule has 5 nitrogen and oxygen atoms in total. The number of carbonyl (C=O) groups excluding carboxylic acids is 1. The molecule has 1 N–H and O–H groups in total. The van der Waals surface area contributed by atoms with Gasteiger partial charge in [-0.25, -0.2) is 0 Å². The summed E-state index contributed by atoms with van der Waals surface area (Å²) in [6.45, 7) is 4.95. The molecule has 0 radical (unpaired) electrons. The molecule has 4 rings (SSSR count). The second-order valence-corrected chi connectivity index (χ2v) is 8.75.